The van der Waals surface area contributed by atoms with E-state index in [1.807, 2.05) is 33.9 Å². The predicted molar refractivity (Wildman–Crippen MR) is 76.1 cm³/mol. The van der Waals surface area contributed by atoms with Crippen molar-refractivity contribution >= 4 is 20.8 Å². The molecule has 1 unspecified atom stereocenters. The molecule has 3 atom stereocenters. The number of ether oxygens (including phenoxy) is 2. The molecule has 0 bridgehead atoms. The van der Waals surface area contributed by atoms with Gasteiger partial charge in [0, 0.05) is 13.0 Å². The van der Waals surface area contributed by atoms with Crippen molar-refractivity contribution in [2.75, 3.05) is 0 Å². The van der Waals surface area contributed by atoms with Crippen LogP contribution in [-0.4, -0.2) is 33.2 Å². The summed E-state index contributed by atoms with van der Waals surface area (Å²) in [6.07, 6.45) is 1.30. The highest BCUT2D eigenvalue weighted by molar-refractivity contribution is 6.48. The van der Waals surface area contributed by atoms with E-state index < -0.39 is 33.3 Å². The van der Waals surface area contributed by atoms with Gasteiger partial charge in [0.05, 0.1) is 12.2 Å². The molecule has 0 aliphatic carbocycles. The van der Waals surface area contributed by atoms with Crippen LogP contribution in [0, 0.1) is 11.3 Å². The smallest absolute Gasteiger partial charge is 0.305 e. The molecule has 1 radical (unpaired) electrons. The van der Waals surface area contributed by atoms with E-state index in [4.69, 9.17) is 13.9 Å². The maximum absolute atomic E-state index is 12.2. The Morgan fingerprint density at radius 3 is 2.45 bits per heavy atom. The minimum absolute atomic E-state index is 0.0320. The summed E-state index contributed by atoms with van der Waals surface area (Å²) in [4.78, 5) is 23.4. The monoisotopic (exact) mass is 299 g/mol. The quantitative estimate of drug-likeness (QED) is 0.453. The molecule has 0 N–H and O–H groups in total. The van der Waals surface area contributed by atoms with Gasteiger partial charge >= 0.3 is 5.97 Å². The molecule has 5 nitrogen and oxygen atoms in total. The Kier molecular flexibility index (Phi) is 5.53. The Bertz CT molecular complexity index is 397. The van der Waals surface area contributed by atoms with Gasteiger partial charge in [-0.3, -0.25) is 9.59 Å². The fourth-order valence-electron chi connectivity index (χ4n) is 2.24. The third-order valence-corrected chi connectivity index (χ3v) is 3.64. The average molecular weight is 299 g/mol. The van der Waals surface area contributed by atoms with Gasteiger partial charge in [-0.2, -0.15) is 0 Å². The van der Waals surface area contributed by atoms with Crippen molar-refractivity contribution in [1.82, 2.24) is 0 Å². The number of hydrogen-bond donors (Lipinski definition) is 0. The van der Waals surface area contributed by atoms with Crippen molar-refractivity contribution in [3.05, 3.63) is 12.3 Å². The maximum Gasteiger partial charge on any atom is 0.305 e. The van der Waals surface area contributed by atoms with E-state index in [2.05, 4.69) is 0 Å². The molecule has 0 aromatic rings. The van der Waals surface area contributed by atoms with Crippen molar-refractivity contribution in [2.24, 2.45) is 11.3 Å². The molecule has 1 heterocycles. The van der Waals surface area contributed by atoms with E-state index in [-0.39, 0.29) is 11.2 Å². The number of rotatable bonds is 4. The van der Waals surface area contributed by atoms with Crippen LogP contribution in [-0.2, 0) is 23.5 Å². The summed E-state index contributed by atoms with van der Waals surface area (Å²) in [5.74, 6) is -0.898. The number of carbonyl (C=O) groups is 2. The van der Waals surface area contributed by atoms with Crippen LogP contribution in [0.15, 0.2) is 12.3 Å². The summed E-state index contributed by atoms with van der Waals surface area (Å²) in [6.45, 7) is 11.1. The van der Waals surface area contributed by atoms with Gasteiger partial charge in [-0.1, -0.05) is 20.8 Å². The molecule has 0 aromatic carbocycles. The molecule has 113 valence electrons. The zero-order valence-corrected chi connectivity index (χ0v) is 13.9. The molecule has 6 heteroatoms. The van der Waals surface area contributed by atoms with Gasteiger partial charge < -0.3 is 13.9 Å². The average Bonchev–Trinajstić information content (AvgIpc) is 2.24. The van der Waals surface area contributed by atoms with Gasteiger partial charge in [-0.05, 0) is 18.5 Å². The van der Waals surface area contributed by atoms with Crippen molar-refractivity contribution in [3.8, 4) is 0 Å². The van der Waals surface area contributed by atoms with Gasteiger partial charge in [0.25, 0.3) is 0 Å². The van der Waals surface area contributed by atoms with Gasteiger partial charge in [0.1, 0.15) is 0 Å². The second-order valence-corrected chi connectivity index (χ2v) is 8.21. The topological polar surface area (TPSA) is 61.8 Å². The van der Waals surface area contributed by atoms with Crippen LogP contribution in [0.1, 0.15) is 27.7 Å². The van der Waals surface area contributed by atoms with Crippen LogP contribution in [0.25, 0.3) is 0 Å². The van der Waals surface area contributed by atoms with Crippen molar-refractivity contribution in [3.63, 3.8) is 0 Å². The minimum Gasteiger partial charge on any atom is -0.491 e. The van der Waals surface area contributed by atoms with E-state index in [1.54, 1.807) is 0 Å². The summed E-state index contributed by atoms with van der Waals surface area (Å²) in [6, 6.07) is 0. The largest absolute Gasteiger partial charge is 0.491 e. The summed E-state index contributed by atoms with van der Waals surface area (Å²) < 4.78 is 16.5. The molecule has 1 aliphatic heterocycles. The molecule has 0 spiro atoms. The maximum atomic E-state index is 12.2. The van der Waals surface area contributed by atoms with E-state index in [0.29, 0.717) is 0 Å². The summed E-state index contributed by atoms with van der Waals surface area (Å²) in [5, 5.41) is 0. The van der Waals surface area contributed by atoms with E-state index in [1.165, 1.54) is 19.3 Å². The number of carbonyl (C=O) groups excluding carboxylic acids is 2. The van der Waals surface area contributed by atoms with Crippen LogP contribution in [0.3, 0.4) is 0 Å². The van der Waals surface area contributed by atoms with Crippen molar-refractivity contribution < 1.29 is 23.5 Å². The summed E-state index contributed by atoms with van der Waals surface area (Å²) in [5.41, 5.74) is -0.317. The standard InChI is InChI=1S/C14H23O5Si/c1-9(15)18-13(19-20(5)6)12-11(14(2,3)4)10(16)7-8-17-12/h7-8,11-13H,1-6H3/t11-,12+,13?/m0/s1. The van der Waals surface area contributed by atoms with E-state index >= 15 is 0 Å². The molecular formula is C14H23O5Si. The highest BCUT2D eigenvalue weighted by atomic mass is 28.3. The van der Waals surface area contributed by atoms with Crippen molar-refractivity contribution in [1.29, 1.82) is 0 Å². The second kappa shape index (κ2) is 6.54. The van der Waals surface area contributed by atoms with Gasteiger partial charge in [-0.25, -0.2) is 0 Å². The first-order valence-corrected chi connectivity index (χ1v) is 9.03. The van der Waals surface area contributed by atoms with Crippen molar-refractivity contribution in [2.45, 2.75) is 53.2 Å². The lowest BCUT2D eigenvalue weighted by atomic mass is 9.74. The van der Waals surface area contributed by atoms with Crippen LogP contribution >= 0.6 is 0 Å². The van der Waals surface area contributed by atoms with E-state index in [0.717, 1.165) is 0 Å². The van der Waals surface area contributed by atoms with Gasteiger partial charge in [0.2, 0.25) is 15.3 Å². The van der Waals surface area contributed by atoms with Crippen LogP contribution in [0.4, 0.5) is 0 Å². The molecule has 0 aromatic heterocycles. The molecule has 20 heavy (non-hydrogen) atoms. The highest BCUT2D eigenvalue weighted by Crippen LogP contribution is 2.36. The Balaban J connectivity index is 3.04. The first kappa shape index (κ1) is 16.9. The third-order valence-electron chi connectivity index (χ3n) is 2.94. The molecule has 0 amide bonds. The molecule has 0 saturated carbocycles. The third kappa shape index (κ3) is 4.45. The number of allylic oxidation sites excluding steroid dienone is 1. The molecule has 0 fully saturated rings. The molecule has 1 aliphatic rings. The first-order valence-electron chi connectivity index (χ1n) is 6.63. The lowest BCUT2D eigenvalue weighted by Gasteiger charge is -2.39. The lowest BCUT2D eigenvalue weighted by Crippen LogP contribution is -2.50. The Hall–Kier alpha value is -1.14. The zero-order chi connectivity index (χ0) is 15.5. The molecule has 1 rings (SSSR count). The summed E-state index contributed by atoms with van der Waals surface area (Å²) in [7, 11) is -1.10. The highest BCUT2D eigenvalue weighted by Gasteiger charge is 2.45. The zero-order valence-electron chi connectivity index (χ0n) is 12.9. The van der Waals surface area contributed by atoms with E-state index in [9.17, 15) is 9.59 Å². The Labute approximate surface area is 122 Å². The first-order chi connectivity index (χ1) is 9.12. The second-order valence-electron chi connectivity index (χ2n) is 6.15. The Morgan fingerprint density at radius 1 is 1.40 bits per heavy atom. The van der Waals surface area contributed by atoms with Gasteiger partial charge in [-0.15, -0.1) is 0 Å². The predicted octanol–water partition coefficient (Wildman–Crippen LogP) is 2.29. The summed E-state index contributed by atoms with van der Waals surface area (Å²) >= 11 is 0. The number of hydrogen-bond acceptors (Lipinski definition) is 5. The lowest BCUT2D eigenvalue weighted by molar-refractivity contribution is -0.193. The fraction of sp³-hybridized carbons (Fsp3) is 0.714. The normalized spacial score (nSPS) is 24.4. The molecule has 0 saturated heterocycles. The SMILES string of the molecule is CC(=O)OC(O[Si](C)C)[C@@H]1OC=CC(=O)[C@@H]1C(C)(C)C. The van der Waals surface area contributed by atoms with Crippen LogP contribution in [0.2, 0.25) is 13.1 Å². The van der Waals surface area contributed by atoms with Crippen LogP contribution in [0.5, 0.6) is 0 Å². The van der Waals surface area contributed by atoms with Crippen LogP contribution < -0.4 is 0 Å². The minimum atomic E-state index is -1.10. The Morgan fingerprint density at radius 2 is 2.00 bits per heavy atom. The van der Waals surface area contributed by atoms with Gasteiger partial charge in [0.15, 0.2) is 11.9 Å². The number of ketones is 1. The fourth-order valence-corrected chi connectivity index (χ4v) is 2.88. The number of esters is 1. The molecular weight excluding hydrogens is 276 g/mol.